The molecule has 1 saturated carbocycles. The van der Waals surface area contributed by atoms with Crippen LogP contribution >= 0.6 is 0 Å². The minimum absolute atomic E-state index is 0.0520. The maximum absolute atomic E-state index is 12.2. The molecule has 1 aromatic carbocycles. The Bertz CT molecular complexity index is 720. The second-order valence-corrected chi connectivity index (χ2v) is 14.7. The van der Waals surface area contributed by atoms with Crippen molar-refractivity contribution < 1.29 is 19.1 Å². The lowest BCUT2D eigenvalue weighted by atomic mass is 9.83. The Morgan fingerprint density at radius 3 is 2.48 bits per heavy atom. The van der Waals surface area contributed by atoms with Crippen molar-refractivity contribution in [2.24, 2.45) is 5.92 Å². The third kappa shape index (κ3) is 5.57. The minimum Gasteiger partial charge on any atom is -0.481 e. The molecule has 0 aliphatic heterocycles. The van der Waals surface area contributed by atoms with E-state index >= 15 is 0 Å². The van der Waals surface area contributed by atoms with Gasteiger partial charge in [0.05, 0.1) is 6.10 Å². The van der Waals surface area contributed by atoms with Gasteiger partial charge in [0.25, 0.3) is 0 Å². The summed E-state index contributed by atoms with van der Waals surface area (Å²) in [6.07, 6.45) is 5.20. The zero-order chi connectivity index (χ0) is 21.8. The molecule has 3 atom stereocenters. The highest BCUT2D eigenvalue weighted by Gasteiger charge is 2.43. The highest BCUT2D eigenvalue weighted by Crippen LogP contribution is 2.45. The van der Waals surface area contributed by atoms with E-state index in [9.17, 15) is 14.7 Å². The molecule has 1 N–H and O–H groups in total. The average molecular weight is 419 g/mol. The number of hydrogen-bond acceptors (Lipinski definition) is 3. The number of carboxylic acid groups (broad SMARTS) is 1. The summed E-state index contributed by atoms with van der Waals surface area (Å²) in [6.45, 7) is 13.4. The van der Waals surface area contributed by atoms with Crippen LogP contribution in [-0.4, -0.2) is 25.2 Å². The van der Waals surface area contributed by atoms with E-state index in [4.69, 9.17) is 4.43 Å². The molecule has 1 aliphatic rings. The molecule has 162 valence electrons. The Kier molecular flexibility index (Phi) is 7.85. The van der Waals surface area contributed by atoms with Crippen LogP contribution in [0.5, 0.6) is 0 Å². The lowest BCUT2D eigenvalue weighted by molar-refractivity contribution is -0.145. The van der Waals surface area contributed by atoms with Gasteiger partial charge in [0.2, 0.25) is 0 Å². The van der Waals surface area contributed by atoms with E-state index in [0.29, 0.717) is 12.8 Å². The average Bonchev–Trinajstić information content (AvgIpc) is 3.01. The molecule has 1 aliphatic carbocycles. The zero-order valence-electron chi connectivity index (χ0n) is 19.0. The normalized spacial score (nSPS) is 21.4. The molecule has 0 aromatic heterocycles. The van der Waals surface area contributed by atoms with E-state index in [2.05, 4.69) is 46.9 Å². The summed E-state index contributed by atoms with van der Waals surface area (Å²) in [5.41, 5.74) is 2.07. The number of aliphatic carboxylic acids is 1. The number of rotatable bonds is 9. The Hall–Kier alpha value is -1.46. The van der Waals surface area contributed by atoms with Crippen molar-refractivity contribution in [1.29, 1.82) is 0 Å². The first-order chi connectivity index (χ1) is 13.5. The van der Waals surface area contributed by atoms with Crippen molar-refractivity contribution in [2.45, 2.75) is 96.4 Å². The monoisotopic (exact) mass is 418 g/mol. The number of carboxylic acids is 1. The van der Waals surface area contributed by atoms with E-state index in [1.165, 1.54) is 0 Å². The van der Waals surface area contributed by atoms with Crippen LogP contribution in [-0.2, 0) is 14.0 Å². The van der Waals surface area contributed by atoms with Gasteiger partial charge in [0.15, 0.2) is 8.32 Å². The summed E-state index contributed by atoms with van der Waals surface area (Å²) in [6, 6.07) is 8.06. The van der Waals surface area contributed by atoms with Crippen LogP contribution in [0.3, 0.4) is 0 Å². The molecule has 4 nitrogen and oxygen atoms in total. The van der Waals surface area contributed by atoms with Gasteiger partial charge in [0.1, 0.15) is 11.7 Å². The summed E-state index contributed by atoms with van der Waals surface area (Å²) in [5.74, 6) is -2.33. The van der Waals surface area contributed by atoms with Crippen LogP contribution in [0.4, 0.5) is 0 Å². The Labute approximate surface area is 177 Å². The number of Topliss-reactive ketones (excluding diaryl/α,β-unsaturated/α-hetero) is 1. The molecular weight excluding hydrogens is 380 g/mol. The number of carbonyl (C=O) groups excluding carboxylic acids is 1. The summed E-state index contributed by atoms with van der Waals surface area (Å²) in [7, 11) is -2.01. The van der Waals surface area contributed by atoms with Crippen LogP contribution < -0.4 is 0 Å². The van der Waals surface area contributed by atoms with Crippen molar-refractivity contribution in [2.75, 3.05) is 0 Å². The predicted octanol–water partition coefficient (Wildman–Crippen LogP) is 6.48. The van der Waals surface area contributed by atoms with Gasteiger partial charge >= 0.3 is 5.97 Å². The first kappa shape index (κ1) is 23.8. The van der Waals surface area contributed by atoms with Gasteiger partial charge in [-0.25, -0.2) is 0 Å². The van der Waals surface area contributed by atoms with E-state index in [-0.39, 0.29) is 22.8 Å². The standard InChI is InChI=1S/C24H38O4Si/c1-7-8-9-14-21(28-29(5,6)24(2,3)4)18-13-11-10-12-17(18)19-15-16-20(25)22(19)23(26)27/h10-13,19,21-22H,7-9,14-16H2,1-6H3,(H,26,27). The molecule has 29 heavy (non-hydrogen) atoms. The van der Waals surface area contributed by atoms with E-state index in [0.717, 1.165) is 36.8 Å². The SMILES string of the molecule is CCCCCC(O[Si](C)(C)C(C)(C)C)c1ccccc1C1CCC(=O)C1C(=O)O. The molecule has 0 amide bonds. The van der Waals surface area contributed by atoms with E-state index < -0.39 is 20.2 Å². The molecule has 1 aromatic rings. The van der Waals surface area contributed by atoms with E-state index in [1.54, 1.807) is 0 Å². The summed E-state index contributed by atoms with van der Waals surface area (Å²) < 4.78 is 6.86. The molecule has 0 radical (unpaired) electrons. The van der Waals surface area contributed by atoms with Gasteiger partial charge in [-0.1, -0.05) is 71.2 Å². The quantitative estimate of drug-likeness (QED) is 0.283. The maximum atomic E-state index is 12.2. The third-order valence-corrected chi connectivity index (χ3v) is 11.3. The van der Waals surface area contributed by atoms with Crippen LogP contribution in [0.15, 0.2) is 24.3 Å². The smallest absolute Gasteiger partial charge is 0.314 e. The Balaban J connectivity index is 2.43. The largest absolute Gasteiger partial charge is 0.481 e. The topological polar surface area (TPSA) is 63.6 Å². The number of unbranched alkanes of at least 4 members (excludes halogenated alkanes) is 2. The maximum Gasteiger partial charge on any atom is 0.314 e. The molecule has 3 unspecified atom stereocenters. The lowest BCUT2D eigenvalue weighted by Crippen LogP contribution is -2.42. The second-order valence-electron chi connectivity index (χ2n) is 9.92. The zero-order valence-corrected chi connectivity index (χ0v) is 20.0. The fraction of sp³-hybridized carbons (Fsp3) is 0.667. The van der Waals surface area contributed by atoms with Crippen molar-refractivity contribution >= 4 is 20.1 Å². The Morgan fingerprint density at radius 1 is 1.24 bits per heavy atom. The number of carbonyl (C=O) groups is 2. The molecule has 5 heteroatoms. The van der Waals surface area contributed by atoms with Crippen LogP contribution in [0.2, 0.25) is 18.1 Å². The predicted molar refractivity (Wildman–Crippen MR) is 120 cm³/mol. The summed E-state index contributed by atoms with van der Waals surface area (Å²) >= 11 is 0. The number of hydrogen-bond donors (Lipinski definition) is 1. The van der Waals surface area contributed by atoms with Gasteiger partial charge in [-0.15, -0.1) is 0 Å². The van der Waals surface area contributed by atoms with Crippen molar-refractivity contribution in [1.82, 2.24) is 0 Å². The van der Waals surface area contributed by atoms with Crippen LogP contribution in [0.25, 0.3) is 0 Å². The van der Waals surface area contributed by atoms with E-state index in [1.807, 2.05) is 18.2 Å². The first-order valence-corrected chi connectivity index (χ1v) is 13.9. The van der Waals surface area contributed by atoms with Crippen molar-refractivity contribution in [3.8, 4) is 0 Å². The molecule has 0 bridgehead atoms. The fourth-order valence-electron chi connectivity index (χ4n) is 4.02. The minimum atomic E-state index is -2.01. The molecule has 0 saturated heterocycles. The molecule has 2 rings (SSSR count). The first-order valence-electron chi connectivity index (χ1n) is 11.0. The molecule has 0 spiro atoms. The van der Waals surface area contributed by atoms with Crippen molar-refractivity contribution in [3.05, 3.63) is 35.4 Å². The fourth-order valence-corrected chi connectivity index (χ4v) is 5.33. The van der Waals surface area contributed by atoms with Crippen LogP contribution in [0, 0.1) is 5.92 Å². The highest BCUT2D eigenvalue weighted by atomic mass is 28.4. The Morgan fingerprint density at radius 2 is 1.90 bits per heavy atom. The molecule has 0 heterocycles. The van der Waals surface area contributed by atoms with Gasteiger partial charge in [-0.2, -0.15) is 0 Å². The van der Waals surface area contributed by atoms with Gasteiger partial charge in [-0.3, -0.25) is 9.59 Å². The summed E-state index contributed by atoms with van der Waals surface area (Å²) in [5, 5.41) is 9.76. The van der Waals surface area contributed by atoms with Gasteiger partial charge in [-0.05, 0) is 42.1 Å². The molecular formula is C24H38O4Si. The number of ketones is 1. The summed E-state index contributed by atoms with van der Waals surface area (Å²) in [4.78, 5) is 24.0. The number of benzene rings is 1. The lowest BCUT2D eigenvalue weighted by Gasteiger charge is -2.40. The highest BCUT2D eigenvalue weighted by molar-refractivity contribution is 6.74. The van der Waals surface area contributed by atoms with Gasteiger partial charge in [0, 0.05) is 12.3 Å². The van der Waals surface area contributed by atoms with Crippen molar-refractivity contribution in [3.63, 3.8) is 0 Å². The van der Waals surface area contributed by atoms with Crippen LogP contribution in [0.1, 0.15) is 89.4 Å². The molecule has 1 fully saturated rings. The second kappa shape index (κ2) is 9.56. The third-order valence-electron chi connectivity index (χ3n) is 6.77. The van der Waals surface area contributed by atoms with Gasteiger partial charge < -0.3 is 9.53 Å².